The average molecular weight is 200 g/mol. The molecular weight excluding hydrogens is 189 g/mol. The molecule has 0 aromatic heterocycles. The third-order valence-electron chi connectivity index (χ3n) is 1.22. The van der Waals surface area contributed by atoms with E-state index >= 15 is 0 Å². The quantitative estimate of drug-likeness (QED) is 0.706. The first-order chi connectivity index (χ1) is 4.95. The fourth-order valence-corrected chi connectivity index (χ4v) is 1.04. The van der Waals surface area contributed by atoms with Crippen molar-refractivity contribution in [1.82, 2.24) is 3.94 Å². The lowest BCUT2D eigenvalue weighted by molar-refractivity contribution is -0.140. The molecule has 0 rings (SSSR count). The van der Waals surface area contributed by atoms with Gasteiger partial charge < -0.3 is 5.11 Å². The summed E-state index contributed by atoms with van der Waals surface area (Å²) in [5, 5.41) is 8.58. The molecule has 0 radical (unpaired) electrons. The standard InChI is InChI=1S/C6H11Cl2NO2/c1-4(2)3-5(6(10)11)9(7)8/h4-5H,3H2,1-2H3,(H,10,11). The number of carbonyl (C=O) groups is 1. The van der Waals surface area contributed by atoms with E-state index in [2.05, 4.69) is 0 Å². The molecule has 1 unspecified atom stereocenters. The molecule has 66 valence electrons. The molecule has 0 spiro atoms. The minimum Gasteiger partial charge on any atom is -0.480 e. The topological polar surface area (TPSA) is 40.5 Å². The van der Waals surface area contributed by atoms with Gasteiger partial charge in [-0.15, -0.1) is 3.94 Å². The summed E-state index contributed by atoms with van der Waals surface area (Å²) >= 11 is 10.6. The molecule has 0 bridgehead atoms. The highest BCUT2D eigenvalue weighted by atomic mass is 35.5. The summed E-state index contributed by atoms with van der Waals surface area (Å²) in [4.78, 5) is 10.5. The van der Waals surface area contributed by atoms with Crippen molar-refractivity contribution in [3.05, 3.63) is 0 Å². The van der Waals surface area contributed by atoms with Gasteiger partial charge in [0.15, 0.2) is 0 Å². The first-order valence-electron chi connectivity index (χ1n) is 3.28. The van der Waals surface area contributed by atoms with Crippen LogP contribution in [0.5, 0.6) is 0 Å². The van der Waals surface area contributed by atoms with Crippen LogP contribution in [0.3, 0.4) is 0 Å². The maximum Gasteiger partial charge on any atom is 0.323 e. The molecule has 0 saturated carbocycles. The van der Waals surface area contributed by atoms with Crippen LogP contribution >= 0.6 is 23.6 Å². The van der Waals surface area contributed by atoms with Crippen molar-refractivity contribution in [3.8, 4) is 0 Å². The predicted molar refractivity (Wildman–Crippen MR) is 44.4 cm³/mol. The first kappa shape index (κ1) is 11.0. The van der Waals surface area contributed by atoms with Crippen molar-refractivity contribution in [2.45, 2.75) is 26.3 Å². The highest BCUT2D eigenvalue weighted by Gasteiger charge is 2.23. The minimum atomic E-state index is -0.997. The van der Waals surface area contributed by atoms with E-state index in [1.54, 1.807) is 0 Å². The van der Waals surface area contributed by atoms with Gasteiger partial charge in [0, 0.05) is 0 Å². The second-order valence-electron chi connectivity index (χ2n) is 2.74. The van der Waals surface area contributed by atoms with E-state index < -0.39 is 12.0 Å². The number of hydrogen-bond donors (Lipinski definition) is 1. The van der Waals surface area contributed by atoms with E-state index in [1.165, 1.54) is 0 Å². The summed E-state index contributed by atoms with van der Waals surface area (Å²) in [5.74, 6) is -0.736. The van der Waals surface area contributed by atoms with Gasteiger partial charge in [-0.3, -0.25) is 4.79 Å². The van der Waals surface area contributed by atoms with Crippen molar-refractivity contribution in [2.24, 2.45) is 5.92 Å². The maximum absolute atomic E-state index is 10.5. The molecule has 0 fully saturated rings. The Morgan fingerprint density at radius 1 is 1.55 bits per heavy atom. The summed E-state index contributed by atoms with van der Waals surface area (Å²) < 4.78 is 0.683. The largest absolute Gasteiger partial charge is 0.480 e. The van der Waals surface area contributed by atoms with Crippen LogP contribution in [0.25, 0.3) is 0 Å². The summed E-state index contributed by atoms with van der Waals surface area (Å²) in [6.07, 6.45) is 0.447. The minimum absolute atomic E-state index is 0.260. The Morgan fingerprint density at radius 3 is 2.09 bits per heavy atom. The second kappa shape index (κ2) is 4.80. The van der Waals surface area contributed by atoms with Gasteiger partial charge in [0.1, 0.15) is 6.04 Å². The molecule has 3 nitrogen and oxygen atoms in total. The SMILES string of the molecule is CC(C)CC(C(=O)O)N(Cl)Cl. The fourth-order valence-electron chi connectivity index (χ4n) is 0.711. The lowest BCUT2D eigenvalue weighted by Gasteiger charge is -2.16. The normalized spacial score (nSPS) is 14.0. The Balaban J connectivity index is 4.01. The van der Waals surface area contributed by atoms with Crippen LogP contribution in [0, 0.1) is 5.92 Å². The number of aliphatic carboxylic acids is 1. The van der Waals surface area contributed by atoms with Crippen molar-refractivity contribution in [1.29, 1.82) is 0 Å². The van der Waals surface area contributed by atoms with Crippen LogP contribution in [0.4, 0.5) is 0 Å². The lowest BCUT2D eigenvalue weighted by Crippen LogP contribution is -2.30. The Labute approximate surface area is 76.1 Å². The molecule has 0 heterocycles. The molecule has 0 amide bonds. The molecular formula is C6H11Cl2NO2. The second-order valence-corrected chi connectivity index (χ2v) is 3.64. The number of nitrogens with zero attached hydrogens (tertiary/aromatic N) is 1. The van der Waals surface area contributed by atoms with E-state index in [9.17, 15) is 4.79 Å². The van der Waals surface area contributed by atoms with Crippen molar-refractivity contribution >= 4 is 29.5 Å². The van der Waals surface area contributed by atoms with Crippen LogP contribution < -0.4 is 0 Å². The van der Waals surface area contributed by atoms with Gasteiger partial charge in [0.05, 0.1) is 0 Å². The van der Waals surface area contributed by atoms with Gasteiger partial charge in [-0.25, -0.2) is 0 Å². The van der Waals surface area contributed by atoms with Crippen LogP contribution in [0.1, 0.15) is 20.3 Å². The zero-order valence-electron chi connectivity index (χ0n) is 6.42. The van der Waals surface area contributed by atoms with E-state index in [0.717, 1.165) is 0 Å². The molecule has 0 aliphatic heterocycles. The molecule has 0 aromatic rings. The van der Waals surface area contributed by atoms with E-state index in [0.29, 0.717) is 10.4 Å². The molecule has 0 aromatic carbocycles. The van der Waals surface area contributed by atoms with Gasteiger partial charge in [-0.2, -0.15) is 0 Å². The summed E-state index contributed by atoms with van der Waals surface area (Å²) in [6.45, 7) is 3.82. The highest BCUT2D eigenvalue weighted by molar-refractivity contribution is 6.34. The monoisotopic (exact) mass is 199 g/mol. The van der Waals surface area contributed by atoms with Gasteiger partial charge in [-0.05, 0) is 35.9 Å². The Hall–Kier alpha value is 0.01000. The van der Waals surface area contributed by atoms with Crippen LogP contribution in [-0.2, 0) is 4.79 Å². The number of rotatable bonds is 4. The van der Waals surface area contributed by atoms with Crippen molar-refractivity contribution in [2.75, 3.05) is 0 Å². The fraction of sp³-hybridized carbons (Fsp3) is 0.833. The van der Waals surface area contributed by atoms with Gasteiger partial charge in [-0.1, -0.05) is 13.8 Å². The Bertz CT molecular complexity index is 139. The predicted octanol–water partition coefficient (Wildman–Crippen LogP) is 2.10. The highest BCUT2D eigenvalue weighted by Crippen LogP contribution is 2.15. The third-order valence-corrected chi connectivity index (χ3v) is 1.69. The molecule has 0 saturated heterocycles. The van der Waals surface area contributed by atoms with Gasteiger partial charge >= 0.3 is 5.97 Å². The molecule has 1 atom stereocenters. The number of hydrogen-bond acceptors (Lipinski definition) is 2. The number of carboxylic acids is 1. The van der Waals surface area contributed by atoms with Crippen LogP contribution in [0.15, 0.2) is 0 Å². The first-order valence-corrected chi connectivity index (χ1v) is 3.96. The average Bonchev–Trinajstić information content (AvgIpc) is 1.81. The lowest BCUT2D eigenvalue weighted by atomic mass is 10.1. The zero-order chi connectivity index (χ0) is 9.02. The Morgan fingerprint density at radius 2 is 2.00 bits per heavy atom. The van der Waals surface area contributed by atoms with E-state index in [-0.39, 0.29) is 5.92 Å². The summed E-state index contributed by atoms with van der Waals surface area (Å²) in [5.41, 5.74) is 0. The van der Waals surface area contributed by atoms with E-state index in [1.807, 2.05) is 13.8 Å². The molecule has 0 aliphatic carbocycles. The van der Waals surface area contributed by atoms with Gasteiger partial charge in [0.25, 0.3) is 0 Å². The smallest absolute Gasteiger partial charge is 0.323 e. The van der Waals surface area contributed by atoms with Crippen molar-refractivity contribution in [3.63, 3.8) is 0 Å². The molecule has 5 heteroatoms. The van der Waals surface area contributed by atoms with Crippen LogP contribution in [0.2, 0.25) is 0 Å². The molecule has 1 N–H and O–H groups in total. The molecule has 0 aliphatic rings. The number of halogens is 2. The summed E-state index contributed by atoms with van der Waals surface area (Å²) in [7, 11) is 0. The van der Waals surface area contributed by atoms with Crippen molar-refractivity contribution < 1.29 is 9.90 Å². The maximum atomic E-state index is 10.5. The van der Waals surface area contributed by atoms with E-state index in [4.69, 9.17) is 28.7 Å². The molecule has 11 heavy (non-hydrogen) atoms. The van der Waals surface area contributed by atoms with Gasteiger partial charge in [0.2, 0.25) is 0 Å². The third kappa shape index (κ3) is 4.45. The van der Waals surface area contributed by atoms with Crippen LogP contribution in [-0.4, -0.2) is 21.1 Å². The summed E-state index contributed by atoms with van der Waals surface area (Å²) in [6, 6.07) is -0.807. The zero-order valence-corrected chi connectivity index (χ0v) is 7.93. The number of carboxylic acid groups (broad SMARTS) is 1. The Kier molecular flexibility index (Phi) is 4.81.